The largest absolute Gasteiger partial charge is 0.481 e. The van der Waals surface area contributed by atoms with E-state index in [1.807, 2.05) is 18.2 Å². The highest BCUT2D eigenvalue weighted by molar-refractivity contribution is 7.17. The summed E-state index contributed by atoms with van der Waals surface area (Å²) in [6.45, 7) is 0.675. The highest BCUT2D eigenvalue weighted by Gasteiger charge is 2.39. The van der Waals surface area contributed by atoms with Crippen molar-refractivity contribution in [2.45, 2.75) is 18.4 Å². The summed E-state index contributed by atoms with van der Waals surface area (Å²) in [5.41, 5.74) is 0.153. The molecule has 2 heterocycles. The van der Waals surface area contributed by atoms with Crippen LogP contribution in [0.2, 0.25) is 5.02 Å². The number of thiophene rings is 1. The van der Waals surface area contributed by atoms with Crippen molar-refractivity contribution in [1.82, 2.24) is 5.32 Å². The number of benzene rings is 1. The molecule has 1 aromatic heterocycles. The molecular formula is C17H16ClNO4S. The van der Waals surface area contributed by atoms with Crippen LogP contribution in [0.25, 0.3) is 10.4 Å². The molecule has 126 valence electrons. The Hall–Kier alpha value is -1.89. The number of ether oxygens (including phenoxy) is 1. The molecule has 0 saturated carbocycles. The third-order valence-electron chi connectivity index (χ3n) is 3.93. The maximum Gasteiger partial charge on any atom is 0.305 e. The summed E-state index contributed by atoms with van der Waals surface area (Å²) in [6, 6.07) is 11.0. The lowest BCUT2D eigenvalue weighted by Crippen LogP contribution is -2.50. The van der Waals surface area contributed by atoms with Gasteiger partial charge in [0, 0.05) is 16.5 Å². The third-order valence-corrected chi connectivity index (χ3v) is 5.32. The van der Waals surface area contributed by atoms with Crippen molar-refractivity contribution in [3.63, 3.8) is 0 Å². The molecule has 0 bridgehead atoms. The first-order chi connectivity index (χ1) is 11.5. The Kier molecular flexibility index (Phi) is 4.89. The molecule has 0 spiro atoms. The smallest absolute Gasteiger partial charge is 0.305 e. The zero-order valence-electron chi connectivity index (χ0n) is 12.8. The summed E-state index contributed by atoms with van der Waals surface area (Å²) in [6.07, 6.45) is 0.356. The van der Waals surface area contributed by atoms with E-state index in [0.717, 1.165) is 10.4 Å². The van der Waals surface area contributed by atoms with Gasteiger partial charge in [0.15, 0.2) is 0 Å². The highest BCUT2D eigenvalue weighted by Crippen LogP contribution is 2.30. The summed E-state index contributed by atoms with van der Waals surface area (Å²) in [5, 5.41) is 12.6. The van der Waals surface area contributed by atoms with Crippen molar-refractivity contribution >= 4 is 34.8 Å². The molecule has 2 aromatic rings. The van der Waals surface area contributed by atoms with Crippen LogP contribution in [0.15, 0.2) is 36.4 Å². The molecule has 1 amide bonds. The van der Waals surface area contributed by atoms with Gasteiger partial charge in [0.2, 0.25) is 0 Å². The Balaban J connectivity index is 1.75. The maximum atomic E-state index is 12.5. The standard InChI is InChI=1S/C17H16ClNO4S/c18-12-3-1-11(2-4-12)13-5-6-14(24-13)16(22)19-17(9-15(20)21)7-8-23-10-17/h1-6H,7-10H2,(H,19,22)(H,20,21). The lowest BCUT2D eigenvalue weighted by Gasteiger charge is -2.26. The summed E-state index contributed by atoms with van der Waals surface area (Å²) >= 11 is 7.24. The fourth-order valence-electron chi connectivity index (χ4n) is 2.71. The normalized spacial score (nSPS) is 20.0. The van der Waals surface area contributed by atoms with Crippen LogP contribution in [0.4, 0.5) is 0 Å². The minimum absolute atomic E-state index is 0.145. The van der Waals surface area contributed by atoms with E-state index >= 15 is 0 Å². The second-order valence-electron chi connectivity index (χ2n) is 5.78. The molecule has 0 aliphatic carbocycles. The number of carbonyl (C=O) groups excluding carboxylic acids is 1. The molecule has 24 heavy (non-hydrogen) atoms. The van der Waals surface area contributed by atoms with Crippen LogP contribution in [0.1, 0.15) is 22.5 Å². The van der Waals surface area contributed by atoms with Crippen molar-refractivity contribution in [2.24, 2.45) is 0 Å². The Labute approximate surface area is 148 Å². The maximum absolute atomic E-state index is 12.5. The number of aliphatic carboxylic acids is 1. The molecule has 1 saturated heterocycles. The molecule has 1 atom stereocenters. The van der Waals surface area contributed by atoms with Gasteiger partial charge in [-0.2, -0.15) is 0 Å². The van der Waals surface area contributed by atoms with Crippen LogP contribution >= 0.6 is 22.9 Å². The third kappa shape index (κ3) is 3.77. The molecule has 1 aliphatic heterocycles. The molecule has 3 rings (SSSR count). The Morgan fingerprint density at radius 2 is 2.00 bits per heavy atom. The van der Waals surface area contributed by atoms with E-state index in [2.05, 4.69) is 5.32 Å². The number of nitrogens with one attached hydrogen (secondary N) is 1. The average Bonchev–Trinajstić information content (AvgIpc) is 3.17. The van der Waals surface area contributed by atoms with Gasteiger partial charge < -0.3 is 15.2 Å². The van der Waals surface area contributed by atoms with E-state index in [4.69, 9.17) is 21.4 Å². The number of amides is 1. The molecule has 1 fully saturated rings. The predicted molar refractivity (Wildman–Crippen MR) is 92.7 cm³/mol. The van der Waals surface area contributed by atoms with Crippen molar-refractivity contribution in [3.8, 4) is 10.4 Å². The fourth-order valence-corrected chi connectivity index (χ4v) is 3.74. The summed E-state index contributed by atoms with van der Waals surface area (Å²) in [4.78, 5) is 25.1. The van der Waals surface area contributed by atoms with E-state index in [1.54, 1.807) is 18.2 Å². The molecule has 7 heteroatoms. The molecule has 0 radical (unpaired) electrons. The monoisotopic (exact) mass is 365 g/mol. The molecule has 5 nitrogen and oxygen atoms in total. The number of carboxylic acid groups (broad SMARTS) is 1. The van der Waals surface area contributed by atoms with E-state index in [9.17, 15) is 9.59 Å². The van der Waals surface area contributed by atoms with Crippen LogP contribution in [0, 0.1) is 0 Å². The lowest BCUT2D eigenvalue weighted by atomic mass is 9.94. The SMILES string of the molecule is O=C(O)CC1(NC(=O)c2ccc(-c3ccc(Cl)cc3)s2)CCOC1. The molecular weight excluding hydrogens is 350 g/mol. The molecule has 2 N–H and O–H groups in total. The Morgan fingerprint density at radius 3 is 2.62 bits per heavy atom. The van der Waals surface area contributed by atoms with Crippen molar-refractivity contribution in [1.29, 1.82) is 0 Å². The van der Waals surface area contributed by atoms with Gasteiger partial charge >= 0.3 is 5.97 Å². The molecule has 1 unspecified atom stereocenters. The van der Waals surface area contributed by atoms with Gasteiger partial charge in [-0.1, -0.05) is 23.7 Å². The van der Waals surface area contributed by atoms with Gasteiger partial charge in [-0.25, -0.2) is 0 Å². The number of carbonyl (C=O) groups is 2. The average molecular weight is 366 g/mol. The van der Waals surface area contributed by atoms with Gasteiger partial charge in [0.05, 0.1) is 23.4 Å². The van der Waals surface area contributed by atoms with Gasteiger partial charge in [0.1, 0.15) is 0 Å². The first kappa shape index (κ1) is 17.0. The topological polar surface area (TPSA) is 75.6 Å². The van der Waals surface area contributed by atoms with E-state index in [1.165, 1.54) is 11.3 Å². The van der Waals surface area contributed by atoms with E-state index in [0.29, 0.717) is 22.9 Å². The van der Waals surface area contributed by atoms with Crippen LogP contribution in [-0.4, -0.2) is 35.7 Å². The van der Waals surface area contributed by atoms with Gasteiger partial charge in [-0.05, 0) is 36.2 Å². The minimum atomic E-state index is -0.950. The summed E-state index contributed by atoms with van der Waals surface area (Å²) in [7, 11) is 0. The van der Waals surface area contributed by atoms with Crippen LogP contribution < -0.4 is 5.32 Å². The minimum Gasteiger partial charge on any atom is -0.481 e. The fraction of sp³-hybridized carbons (Fsp3) is 0.294. The van der Waals surface area contributed by atoms with Crippen LogP contribution in [0.3, 0.4) is 0 Å². The quantitative estimate of drug-likeness (QED) is 0.851. The van der Waals surface area contributed by atoms with Crippen LogP contribution in [0.5, 0.6) is 0 Å². The van der Waals surface area contributed by atoms with Gasteiger partial charge in [-0.3, -0.25) is 9.59 Å². The van der Waals surface area contributed by atoms with Gasteiger partial charge in [0.25, 0.3) is 5.91 Å². The first-order valence-corrected chi connectivity index (χ1v) is 8.65. The zero-order valence-corrected chi connectivity index (χ0v) is 14.3. The second-order valence-corrected chi connectivity index (χ2v) is 7.30. The molecule has 1 aromatic carbocycles. The number of hydrogen-bond donors (Lipinski definition) is 2. The second kappa shape index (κ2) is 6.93. The highest BCUT2D eigenvalue weighted by atomic mass is 35.5. The predicted octanol–water partition coefficient (Wildman–Crippen LogP) is 3.43. The van der Waals surface area contributed by atoms with Crippen LogP contribution in [-0.2, 0) is 9.53 Å². The number of hydrogen-bond acceptors (Lipinski definition) is 4. The number of carboxylic acids is 1. The number of halogens is 1. The van der Waals surface area contributed by atoms with Crippen molar-refractivity contribution < 1.29 is 19.4 Å². The van der Waals surface area contributed by atoms with E-state index in [-0.39, 0.29) is 18.9 Å². The van der Waals surface area contributed by atoms with Crippen molar-refractivity contribution in [2.75, 3.05) is 13.2 Å². The van der Waals surface area contributed by atoms with E-state index < -0.39 is 11.5 Å². The first-order valence-electron chi connectivity index (χ1n) is 7.45. The molecule has 1 aliphatic rings. The summed E-state index contributed by atoms with van der Waals surface area (Å²) < 4.78 is 5.30. The zero-order chi connectivity index (χ0) is 17.2. The van der Waals surface area contributed by atoms with Crippen molar-refractivity contribution in [3.05, 3.63) is 46.3 Å². The van der Waals surface area contributed by atoms with Gasteiger partial charge in [-0.15, -0.1) is 11.3 Å². The Morgan fingerprint density at radius 1 is 1.25 bits per heavy atom. The Bertz CT molecular complexity index is 750. The number of rotatable bonds is 5. The summed E-state index contributed by atoms with van der Waals surface area (Å²) in [5.74, 6) is -1.22. The lowest BCUT2D eigenvalue weighted by molar-refractivity contribution is -0.138.